The Labute approximate surface area is 166 Å². The Bertz CT molecular complexity index is 842. The highest BCUT2D eigenvalue weighted by Gasteiger charge is 2.39. The Morgan fingerprint density at radius 1 is 1.43 bits per heavy atom. The van der Waals surface area contributed by atoms with Gasteiger partial charge < -0.3 is 19.3 Å². The number of carbonyl (C=O) groups is 1. The molecule has 0 unspecified atom stereocenters. The highest BCUT2D eigenvalue weighted by atomic mass is 16.5. The normalized spacial score (nSPS) is 23.3. The molecule has 1 fully saturated rings. The first-order chi connectivity index (χ1) is 13.4. The van der Waals surface area contributed by atoms with Crippen molar-refractivity contribution in [3.05, 3.63) is 29.5 Å². The third-order valence-electron chi connectivity index (χ3n) is 5.61. The third-order valence-corrected chi connectivity index (χ3v) is 5.61. The molecule has 1 N–H and O–H groups in total. The molecule has 3 aliphatic heterocycles. The average Bonchev–Trinajstić information content (AvgIpc) is 2.63. The maximum absolute atomic E-state index is 12.2. The minimum Gasteiger partial charge on any atom is -0.501 e. The number of ether oxygens (including phenoxy) is 2. The smallest absolute Gasteiger partial charge is 0.262 e. The van der Waals surface area contributed by atoms with Crippen LogP contribution in [0, 0.1) is 5.41 Å². The van der Waals surface area contributed by atoms with Crippen LogP contribution in [0.2, 0.25) is 0 Å². The van der Waals surface area contributed by atoms with Crippen molar-refractivity contribution in [1.29, 1.82) is 0 Å². The molecule has 0 spiro atoms. The Balaban J connectivity index is 1.74. The number of amidine groups is 1. The summed E-state index contributed by atoms with van der Waals surface area (Å²) in [6.07, 6.45) is 4.70. The van der Waals surface area contributed by atoms with E-state index in [9.17, 15) is 4.79 Å². The number of rotatable bonds is 5. The Kier molecular flexibility index (Phi) is 4.79. The molecule has 1 saturated heterocycles. The fraction of sp³-hybridized carbons (Fsp3) is 0.524. The van der Waals surface area contributed by atoms with E-state index in [1.165, 1.54) is 5.56 Å². The van der Waals surface area contributed by atoms with Gasteiger partial charge in [0.2, 0.25) is 0 Å². The molecule has 1 atom stereocenters. The lowest BCUT2D eigenvalue weighted by Crippen LogP contribution is -2.55. The summed E-state index contributed by atoms with van der Waals surface area (Å²) in [5.74, 6) is 1.40. The van der Waals surface area contributed by atoms with Crippen LogP contribution >= 0.6 is 0 Å². The van der Waals surface area contributed by atoms with Crippen LogP contribution in [0.5, 0.6) is 5.75 Å². The zero-order valence-electron chi connectivity index (χ0n) is 17.0. The monoisotopic (exact) mass is 384 g/mol. The first kappa shape index (κ1) is 18.8. The van der Waals surface area contributed by atoms with Crippen LogP contribution < -0.4 is 15.1 Å². The first-order valence-corrected chi connectivity index (χ1v) is 9.82. The van der Waals surface area contributed by atoms with Crippen LogP contribution in [-0.4, -0.2) is 56.0 Å². The van der Waals surface area contributed by atoms with E-state index in [0.29, 0.717) is 13.2 Å². The molecule has 4 rings (SSSR count). The standard InChI is InChI=1S/C21H28N4O3/c1-5-27-7-6-15-9-18-17(8-16(15)10-21(3)12-24(4)13-21)25-14(2)20(26)23-22-19(25)11-28-18/h6-9,14H,5,10-13H2,1-4H3,(H,23,26)/b7-6+/t14-/m1/s1. The number of nitrogens with one attached hydrogen (secondary N) is 1. The molecule has 7 heteroatoms. The predicted octanol–water partition coefficient (Wildman–Crippen LogP) is 2.22. The van der Waals surface area contributed by atoms with Crippen molar-refractivity contribution in [3.8, 4) is 5.75 Å². The lowest BCUT2D eigenvalue weighted by atomic mass is 9.76. The number of likely N-dealkylation sites (tertiary alicyclic amines) is 1. The molecule has 0 bridgehead atoms. The molecule has 3 heterocycles. The van der Waals surface area contributed by atoms with Crippen molar-refractivity contribution >= 4 is 23.5 Å². The van der Waals surface area contributed by atoms with E-state index in [2.05, 4.69) is 41.5 Å². The number of nitrogens with zero attached hydrogens (tertiary/aromatic N) is 3. The van der Waals surface area contributed by atoms with Crippen LogP contribution in [0.1, 0.15) is 31.9 Å². The second kappa shape index (κ2) is 7.13. The number of carbonyl (C=O) groups excluding carboxylic acids is 1. The fourth-order valence-corrected chi connectivity index (χ4v) is 4.49. The first-order valence-electron chi connectivity index (χ1n) is 9.82. The highest BCUT2D eigenvalue weighted by molar-refractivity contribution is 6.09. The minimum absolute atomic E-state index is 0.106. The Hall–Kier alpha value is -2.54. The number of hydrogen-bond acceptors (Lipinski definition) is 6. The van der Waals surface area contributed by atoms with Crippen LogP contribution in [0.25, 0.3) is 6.08 Å². The quantitative estimate of drug-likeness (QED) is 0.789. The SMILES string of the molecule is CCO/C=C/c1cc2c(cc1CC1(C)CN(C)C1)N1C(=NNC(=O)[C@H]1C)CO2. The van der Waals surface area contributed by atoms with Gasteiger partial charge in [0, 0.05) is 13.1 Å². The zero-order valence-corrected chi connectivity index (χ0v) is 17.0. The molecular weight excluding hydrogens is 356 g/mol. The molecular formula is C21H28N4O3. The molecule has 1 aromatic carbocycles. The van der Waals surface area contributed by atoms with Gasteiger partial charge in [-0.05, 0) is 62.1 Å². The highest BCUT2D eigenvalue weighted by Crippen LogP contribution is 2.41. The van der Waals surface area contributed by atoms with Gasteiger partial charge in [-0.15, -0.1) is 0 Å². The van der Waals surface area contributed by atoms with Gasteiger partial charge in [-0.3, -0.25) is 4.79 Å². The second-order valence-corrected chi connectivity index (χ2v) is 8.28. The van der Waals surface area contributed by atoms with Gasteiger partial charge in [0.25, 0.3) is 5.91 Å². The molecule has 7 nitrogen and oxygen atoms in total. The maximum Gasteiger partial charge on any atom is 0.262 e. The van der Waals surface area contributed by atoms with Gasteiger partial charge >= 0.3 is 0 Å². The largest absolute Gasteiger partial charge is 0.501 e. The van der Waals surface area contributed by atoms with E-state index in [1.54, 1.807) is 6.26 Å². The van der Waals surface area contributed by atoms with E-state index >= 15 is 0 Å². The van der Waals surface area contributed by atoms with Crippen LogP contribution in [0.4, 0.5) is 5.69 Å². The minimum atomic E-state index is -0.321. The number of benzene rings is 1. The summed E-state index contributed by atoms with van der Waals surface area (Å²) in [6.45, 7) is 9.31. The number of amides is 1. The predicted molar refractivity (Wildman–Crippen MR) is 109 cm³/mol. The van der Waals surface area contributed by atoms with E-state index in [-0.39, 0.29) is 17.4 Å². The summed E-state index contributed by atoms with van der Waals surface area (Å²) < 4.78 is 11.4. The van der Waals surface area contributed by atoms with E-state index in [4.69, 9.17) is 9.47 Å². The van der Waals surface area contributed by atoms with Crippen LogP contribution in [0.3, 0.4) is 0 Å². The van der Waals surface area contributed by atoms with Gasteiger partial charge in [0.05, 0.1) is 18.6 Å². The molecule has 0 radical (unpaired) electrons. The van der Waals surface area contributed by atoms with E-state index in [1.807, 2.05) is 24.8 Å². The van der Waals surface area contributed by atoms with E-state index in [0.717, 1.165) is 42.3 Å². The zero-order chi connectivity index (χ0) is 19.9. The van der Waals surface area contributed by atoms with Crippen LogP contribution in [0.15, 0.2) is 23.5 Å². The number of hydrazone groups is 1. The summed E-state index contributed by atoms with van der Waals surface area (Å²) >= 11 is 0. The number of hydrogen-bond donors (Lipinski definition) is 1. The lowest BCUT2D eigenvalue weighted by molar-refractivity contribution is -0.122. The molecule has 1 aromatic rings. The number of fused-ring (bicyclic) bond motifs is 3. The Morgan fingerprint density at radius 3 is 2.93 bits per heavy atom. The van der Waals surface area contributed by atoms with Crippen molar-refractivity contribution in [2.75, 3.05) is 38.3 Å². The summed E-state index contributed by atoms with van der Waals surface area (Å²) in [5.41, 5.74) is 6.06. The molecule has 0 aliphatic carbocycles. The Morgan fingerprint density at radius 2 is 2.21 bits per heavy atom. The van der Waals surface area contributed by atoms with Crippen LogP contribution in [-0.2, 0) is 16.0 Å². The van der Waals surface area contributed by atoms with Gasteiger partial charge in [-0.2, -0.15) is 5.10 Å². The molecule has 0 saturated carbocycles. The fourth-order valence-electron chi connectivity index (χ4n) is 4.49. The van der Waals surface area contributed by atoms with Crippen molar-refractivity contribution < 1.29 is 14.3 Å². The van der Waals surface area contributed by atoms with Gasteiger partial charge in [0.15, 0.2) is 5.84 Å². The average molecular weight is 384 g/mol. The van der Waals surface area contributed by atoms with Crippen molar-refractivity contribution in [2.45, 2.75) is 33.2 Å². The maximum atomic E-state index is 12.2. The lowest BCUT2D eigenvalue weighted by Gasteiger charge is -2.47. The molecule has 3 aliphatic rings. The molecule has 28 heavy (non-hydrogen) atoms. The van der Waals surface area contributed by atoms with Crippen molar-refractivity contribution in [1.82, 2.24) is 10.3 Å². The molecule has 1 amide bonds. The summed E-state index contributed by atoms with van der Waals surface area (Å²) in [7, 11) is 2.15. The molecule has 150 valence electrons. The summed E-state index contributed by atoms with van der Waals surface area (Å²) in [4.78, 5) is 16.5. The second-order valence-electron chi connectivity index (χ2n) is 8.28. The van der Waals surface area contributed by atoms with E-state index < -0.39 is 0 Å². The van der Waals surface area contributed by atoms with Crippen molar-refractivity contribution in [2.24, 2.45) is 10.5 Å². The molecule has 0 aromatic heterocycles. The topological polar surface area (TPSA) is 66.4 Å². The van der Waals surface area contributed by atoms with Gasteiger partial charge in [-0.25, -0.2) is 5.43 Å². The van der Waals surface area contributed by atoms with Gasteiger partial charge in [-0.1, -0.05) is 6.92 Å². The summed E-state index contributed by atoms with van der Waals surface area (Å²) in [6, 6.07) is 3.90. The summed E-state index contributed by atoms with van der Waals surface area (Å²) in [5, 5.41) is 4.18. The van der Waals surface area contributed by atoms with Gasteiger partial charge in [0.1, 0.15) is 18.4 Å². The third kappa shape index (κ3) is 3.35. The number of anilines is 1. The van der Waals surface area contributed by atoms with Crippen molar-refractivity contribution in [3.63, 3.8) is 0 Å².